The summed E-state index contributed by atoms with van der Waals surface area (Å²) >= 11 is 0. The highest BCUT2D eigenvalue weighted by molar-refractivity contribution is 5.20. The monoisotopic (exact) mass is 255 g/mol. The number of aliphatic hydroxyl groups excluding tert-OH is 1. The van der Waals surface area contributed by atoms with Crippen molar-refractivity contribution in [1.29, 1.82) is 0 Å². The molecule has 0 radical (unpaired) electrons. The van der Waals surface area contributed by atoms with Gasteiger partial charge < -0.3 is 10.4 Å². The molecular formula is C14H19F2NO. The molecule has 3 atom stereocenters. The molecule has 0 bridgehead atoms. The summed E-state index contributed by atoms with van der Waals surface area (Å²) < 4.78 is 25.9. The number of nitrogens with one attached hydrogen (secondary N) is 1. The van der Waals surface area contributed by atoms with Crippen LogP contribution in [0.4, 0.5) is 8.78 Å². The van der Waals surface area contributed by atoms with Crippen molar-refractivity contribution in [2.45, 2.75) is 50.8 Å². The Hall–Kier alpha value is -1.00. The van der Waals surface area contributed by atoms with Crippen LogP contribution in [-0.4, -0.2) is 17.2 Å². The lowest BCUT2D eigenvalue weighted by Gasteiger charge is -2.30. The number of rotatable bonds is 3. The van der Waals surface area contributed by atoms with Crippen LogP contribution in [0.3, 0.4) is 0 Å². The number of hydrogen-bond donors (Lipinski definition) is 2. The average molecular weight is 255 g/mol. The van der Waals surface area contributed by atoms with E-state index in [2.05, 4.69) is 12.2 Å². The van der Waals surface area contributed by atoms with Crippen LogP contribution in [0.15, 0.2) is 18.2 Å². The molecule has 1 aliphatic rings. The second-order valence-corrected chi connectivity index (χ2v) is 5.12. The summed E-state index contributed by atoms with van der Waals surface area (Å²) in [7, 11) is 0. The Morgan fingerprint density at radius 2 is 2.11 bits per heavy atom. The number of hydrogen-bond acceptors (Lipinski definition) is 2. The van der Waals surface area contributed by atoms with E-state index in [0.29, 0.717) is 18.0 Å². The Balaban J connectivity index is 1.98. The minimum absolute atomic E-state index is 0.247. The van der Waals surface area contributed by atoms with Gasteiger partial charge >= 0.3 is 0 Å². The molecule has 2 N–H and O–H groups in total. The van der Waals surface area contributed by atoms with Gasteiger partial charge in [-0.15, -0.1) is 0 Å². The average Bonchev–Trinajstić information content (AvgIpc) is 2.32. The Morgan fingerprint density at radius 1 is 1.33 bits per heavy atom. The molecule has 3 unspecified atom stereocenters. The van der Waals surface area contributed by atoms with Gasteiger partial charge in [0.25, 0.3) is 0 Å². The molecule has 1 aliphatic heterocycles. The van der Waals surface area contributed by atoms with Crippen LogP contribution in [0.25, 0.3) is 0 Å². The number of halogens is 2. The van der Waals surface area contributed by atoms with Crippen LogP contribution in [0.1, 0.15) is 44.3 Å². The van der Waals surface area contributed by atoms with Crippen molar-refractivity contribution in [2.75, 3.05) is 0 Å². The lowest BCUT2D eigenvalue weighted by molar-refractivity contribution is 0.139. The maximum Gasteiger partial charge on any atom is 0.159 e. The van der Waals surface area contributed by atoms with E-state index >= 15 is 0 Å². The first-order valence-electron chi connectivity index (χ1n) is 6.45. The van der Waals surface area contributed by atoms with Crippen LogP contribution in [0.5, 0.6) is 0 Å². The zero-order chi connectivity index (χ0) is 13.1. The van der Waals surface area contributed by atoms with Gasteiger partial charge in [0.2, 0.25) is 0 Å². The molecule has 0 amide bonds. The summed E-state index contributed by atoms with van der Waals surface area (Å²) in [5.74, 6) is -1.79. The van der Waals surface area contributed by atoms with Crippen LogP contribution >= 0.6 is 0 Å². The molecule has 2 rings (SSSR count). The van der Waals surface area contributed by atoms with E-state index < -0.39 is 17.7 Å². The number of benzene rings is 1. The quantitative estimate of drug-likeness (QED) is 0.870. The minimum Gasteiger partial charge on any atom is -0.388 e. The first-order chi connectivity index (χ1) is 8.56. The third kappa shape index (κ3) is 3.27. The van der Waals surface area contributed by atoms with Gasteiger partial charge in [-0.2, -0.15) is 0 Å². The molecule has 1 aromatic carbocycles. The second-order valence-electron chi connectivity index (χ2n) is 5.12. The fourth-order valence-electron chi connectivity index (χ4n) is 2.55. The van der Waals surface area contributed by atoms with Crippen molar-refractivity contribution >= 4 is 0 Å². The molecule has 1 fully saturated rings. The van der Waals surface area contributed by atoms with Crippen molar-refractivity contribution in [3.05, 3.63) is 35.4 Å². The largest absolute Gasteiger partial charge is 0.388 e. The SMILES string of the molecule is CC1CCCC(CC(O)c2ccc(F)c(F)c2)N1. The fourth-order valence-corrected chi connectivity index (χ4v) is 2.55. The molecule has 0 spiro atoms. The Kier molecular flexibility index (Phi) is 4.30. The first-order valence-corrected chi connectivity index (χ1v) is 6.45. The minimum atomic E-state index is -0.906. The highest BCUT2D eigenvalue weighted by atomic mass is 19.2. The Morgan fingerprint density at radius 3 is 2.78 bits per heavy atom. The molecule has 0 aromatic heterocycles. The van der Waals surface area contributed by atoms with Crippen LogP contribution in [-0.2, 0) is 0 Å². The van der Waals surface area contributed by atoms with E-state index in [0.717, 1.165) is 31.4 Å². The zero-order valence-electron chi connectivity index (χ0n) is 10.5. The van der Waals surface area contributed by atoms with Gasteiger partial charge in [0, 0.05) is 12.1 Å². The van der Waals surface area contributed by atoms with Gasteiger partial charge in [0.05, 0.1) is 6.10 Å². The van der Waals surface area contributed by atoms with Crippen molar-refractivity contribution in [1.82, 2.24) is 5.32 Å². The zero-order valence-corrected chi connectivity index (χ0v) is 10.5. The van der Waals surface area contributed by atoms with Gasteiger partial charge in [-0.3, -0.25) is 0 Å². The second kappa shape index (κ2) is 5.76. The number of piperidine rings is 1. The predicted molar refractivity (Wildman–Crippen MR) is 66.2 cm³/mol. The molecule has 1 aromatic rings. The molecule has 18 heavy (non-hydrogen) atoms. The summed E-state index contributed by atoms with van der Waals surface area (Å²) in [6.45, 7) is 2.12. The molecule has 0 saturated carbocycles. The summed E-state index contributed by atoms with van der Waals surface area (Å²) in [6, 6.07) is 4.28. The van der Waals surface area contributed by atoms with Crippen molar-refractivity contribution < 1.29 is 13.9 Å². The standard InChI is InChI=1S/C14H19F2NO/c1-9-3-2-4-11(17-9)8-14(18)10-5-6-12(15)13(16)7-10/h5-7,9,11,14,17-18H,2-4,8H2,1H3. The molecular weight excluding hydrogens is 236 g/mol. The topological polar surface area (TPSA) is 32.3 Å². The summed E-state index contributed by atoms with van der Waals surface area (Å²) in [6.07, 6.45) is 3.10. The molecule has 0 aliphatic carbocycles. The highest BCUT2D eigenvalue weighted by Crippen LogP contribution is 2.24. The molecule has 2 nitrogen and oxygen atoms in total. The number of aliphatic hydroxyl groups is 1. The van der Waals surface area contributed by atoms with E-state index in [1.165, 1.54) is 6.07 Å². The van der Waals surface area contributed by atoms with E-state index in [4.69, 9.17) is 0 Å². The van der Waals surface area contributed by atoms with Gasteiger partial charge in [0.1, 0.15) is 0 Å². The normalized spacial score (nSPS) is 26.0. The van der Waals surface area contributed by atoms with Gasteiger partial charge in [-0.25, -0.2) is 8.78 Å². The fraction of sp³-hybridized carbons (Fsp3) is 0.571. The highest BCUT2D eigenvalue weighted by Gasteiger charge is 2.21. The van der Waals surface area contributed by atoms with Crippen LogP contribution in [0.2, 0.25) is 0 Å². The Labute approximate surface area is 106 Å². The van der Waals surface area contributed by atoms with Crippen molar-refractivity contribution in [2.24, 2.45) is 0 Å². The van der Waals surface area contributed by atoms with Crippen molar-refractivity contribution in [3.8, 4) is 0 Å². The van der Waals surface area contributed by atoms with Gasteiger partial charge in [0.15, 0.2) is 11.6 Å². The van der Waals surface area contributed by atoms with E-state index in [1.807, 2.05) is 0 Å². The van der Waals surface area contributed by atoms with Crippen LogP contribution in [0, 0.1) is 11.6 Å². The smallest absolute Gasteiger partial charge is 0.159 e. The lowest BCUT2D eigenvalue weighted by atomic mass is 9.93. The van der Waals surface area contributed by atoms with E-state index in [1.54, 1.807) is 0 Å². The summed E-state index contributed by atoms with van der Waals surface area (Å²) in [4.78, 5) is 0. The molecule has 1 saturated heterocycles. The summed E-state index contributed by atoms with van der Waals surface area (Å²) in [5, 5.41) is 13.5. The predicted octanol–water partition coefficient (Wildman–Crippen LogP) is 2.92. The van der Waals surface area contributed by atoms with Crippen LogP contribution < -0.4 is 5.32 Å². The first kappa shape index (κ1) is 13.4. The Bertz CT molecular complexity index is 411. The molecule has 1 heterocycles. The van der Waals surface area contributed by atoms with Gasteiger partial charge in [-0.1, -0.05) is 12.5 Å². The molecule has 100 valence electrons. The third-order valence-corrected chi connectivity index (χ3v) is 3.55. The lowest BCUT2D eigenvalue weighted by Crippen LogP contribution is -2.41. The van der Waals surface area contributed by atoms with E-state index in [9.17, 15) is 13.9 Å². The maximum atomic E-state index is 13.1. The van der Waals surface area contributed by atoms with Gasteiger partial charge in [-0.05, 0) is 43.9 Å². The maximum absolute atomic E-state index is 13.1. The molecule has 4 heteroatoms. The van der Waals surface area contributed by atoms with E-state index in [-0.39, 0.29) is 6.04 Å². The summed E-state index contributed by atoms with van der Waals surface area (Å²) in [5.41, 5.74) is 0.439. The third-order valence-electron chi connectivity index (χ3n) is 3.55. The van der Waals surface area contributed by atoms with Crippen molar-refractivity contribution in [3.63, 3.8) is 0 Å².